The number of nitrogens with zero attached hydrogens (tertiary/aromatic N) is 1. The minimum Gasteiger partial charge on any atom is -0.477 e. The molecule has 1 aromatic heterocycles. The summed E-state index contributed by atoms with van der Waals surface area (Å²) < 4.78 is 5.55. The van der Waals surface area contributed by atoms with Gasteiger partial charge in [-0.25, -0.2) is 4.98 Å². The molecule has 2 N–H and O–H groups in total. The second-order valence-electron chi connectivity index (χ2n) is 3.70. The van der Waals surface area contributed by atoms with Crippen molar-refractivity contribution in [3.63, 3.8) is 0 Å². The number of nitrogens with two attached hydrogens (primary N) is 1. The van der Waals surface area contributed by atoms with Crippen LogP contribution in [0.1, 0.15) is 25.8 Å². The van der Waals surface area contributed by atoms with Gasteiger partial charge in [-0.05, 0) is 18.4 Å². The van der Waals surface area contributed by atoms with Gasteiger partial charge in [0.1, 0.15) is 0 Å². The molecule has 1 aromatic rings. The molecule has 0 amide bonds. The van der Waals surface area contributed by atoms with Crippen LogP contribution in [-0.4, -0.2) is 11.6 Å². The van der Waals surface area contributed by atoms with Gasteiger partial charge in [0.25, 0.3) is 0 Å². The third kappa shape index (κ3) is 3.34. The molecule has 0 saturated heterocycles. The molecule has 0 spiro atoms. The molecule has 0 fully saturated rings. The monoisotopic (exact) mass is 194 g/mol. The van der Waals surface area contributed by atoms with Crippen molar-refractivity contribution >= 4 is 0 Å². The average Bonchev–Trinajstić information content (AvgIpc) is 2.18. The number of hydrogen-bond acceptors (Lipinski definition) is 3. The SMILES string of the molecule is CC(C)CCOc1ncccc1CN. The molecule has 0 atom stereocenters. The fourth-order valence-electron chi connectivity index (χ4n) is 1.10. The Bertz CT molecular complexity index is 274. The van der Waals surface area contributed by atoms with Gasteiger partial charge < -0.3 is 10.5 Å². The Morgan fingerprint density at radius 3 is 2.93 bits per heavy atom. The van der Waals surface area contributed by atoms with Crippen LogP contribution in [0.3, 0.4) is 0 Å². The zero-order chi connectivity index (χ0) is 10.4. The molecule has 1 heterocycles. The van der Waals surface area contributed by atoms with E-state index in [-0.39, 0.29) is 0 Å². The van der Waals surface area contributed by atoms with E-state index in [0.29, 0.717) is 24.9 Å². The molecule has 0 unspecified atom stereocenters. The molecule has 0 aliphatic heterocycles. The molecule has 78 valence electrons. The highest BCUT2D eigenvalue weighted by atomic mass is 16.5. The largest absolute Gasteiger partial charge is 0.477 e. The van der Waals surface area contributed by atoms with Crippen LogP contribution in [0.4, 0.5) is 0 Å². The summed E-state index contributed by atoms with van der Waals surface area (Å²) in [5.74, 6) is 1.33. The van der Waals surface area contributed by atoms with Crippen LogP contribution in [0.5, 0.6) is 5.88 Å². The van der Waals surface area contributed by atoms with Gasteiger partial charge in [0.05, 0.1) is 6.61 Å². The summed E-state index contributed by atoms with van der Waals surface area (Å²) in [6.45, 7) is 5.53. The molecule has 0 aliphatic rings. The maximum Gasteiger partial charge on any atom is 0.217 e. The lowest BCUT2D eigenvalue weighted by atomic mass is 10.1. The number of hydrogen-bond donors (Lipinski definition) is 1. The molecular formula is C11H18N2O. The van der Waals surface area contributed by atoms with Crippen LogP contribution in [0.25, 0.3) is 0 Å². The van der Waals surface area contributed by atoms with E-state index in [9.17, 15) is 0 Å². The van der Waals surface area contributed by atoms with E-state index in [1.807, 2.05) is 12.1 Å². The van der Waals surface area contributed by atoms with Gasteiger partial charge in [0.2, 0.25) is 5.88 Å². The molecule has 3 nitrogen and oxygen atoms in total. The highest BCUT2D eigenvalue weighted by Gasteiger charge is 2.02. The summed E-state index contributed by atoms with van der Waals surface area (Å²) in [7, 11) is 0. The summed E-state index contributed by atoms with van der Waals surface area (Å²) in [5, 5.41) is 0. The fraction of sp³-hybridized carbons (Fsp3) is 0.545. The Kier molecular flexibility index (Phi) is 4.40. The van der Waals surface area contributed by atoms with E-state index in [1.165, 1.54) is 0 Å². The summed E-state index contributed by atoms with van der Waals surface area (Å²) in [5.41, 5.74) is 6.53. The van der Waals surface area contributed by atoms with Crippen molar-refractivity contribution in [2.75, 3.05) is 6.61 Å². The van der Waals surface area contributed by atoms with Crippen LogP contribution in [0.2, 0.25) is 0 Å². The fourth-order valence-corrected chi connectivity index (χ4v) is 1.10. The minimum atomic E-state index is 0.477. The van der Waals surface area contributed by atoms with Crippen LogP contribution < -0.4 is 10.5 Å². The first-order valence-corrected chi connectivity index (χ1v) is 5.00. The topological polar surface area (TPSA) is 48.1 Å². The Hall–Kier alpha value is -1.09. The van der Waals surface area contributed by atoms with Crippen molar-refractivity contribution in [3.05, 3.63) is 23.9 Å². The number of aromatic nitrogens is 1. The van der Waals surface area contributed by atoms with Gasteiger partial charge in [-0.2, -0.15) is 0 Å². The predicted octanol–water partition coefficient (Wildman–Crippen LogP) is 1.97. The lowest BCUT2D eigenvalue weighted by Gasteiger charge is -2.09. The highest BCUT2D eigenvalue weighted by Crippen LogP contribution is 2.13. The van der Waals surface area contributed by atoms with Crippen molar-refractivity contribution < 1.29 is 4.74 Å². The van der Waals surface area contributed by atoms with Gasteiger partial charge in [0.15, 0.2) is 0 Å². The minimum absolute atomic E-state index is 0.477. The summed E-state index contributed by atoms with van der Waals surface area (Å²) in [4.78, 5) is 4.14. The predicted molar refractivity (Wildman–Crippen MR) is 57.1 cm³/mol. The van der Waals surface area contributed by atoms with Gasteiger partial charge in [-0.1, -0.05) is 19.9 Å². The zero-order valence-electron chi connectivity index (χ0n) is 8.86. The Morgan fingerprint density at radius 2 is 2.29 bits per heavy atom. The molecular weight excluding hydrogens is 176 g/mol. The lowest BCUT2D eigenvalue weighted by Crippen LogP contribution is -2.06. The normalized spacial score (nSPS) is 10.6. The number of rotatable bonds is 5. The first-order valence-electron chi connectivity index (χ1n) is 5.00. The third-order valence-corrected chi connectivity index (χ3v) is 2.00. The number of ether oxygens (including phenoxy) is 1. The first kappa shape index (κ1) is 11.0. The zero-order valence-corrected chi connectivity index (χ0v) is 8.86. The average molecular weight is 194 g/mol. The third-order valence-electron chi connectivity index (χ3n) is 2.00. The molecule has 3 heteroatoms. The molecule has 0 saturated carbocycles. The van der Waals surface area contributed by atoms with E-state index >= 15 is 0 Å². The van der Waals surface area contributed by atoms with E-state index in [1.54, 1.807) is 6.20 Å². The first-order chi connectivity index (χ1) is 6.74. The molecule has 1 rings (SSSR count). The smallest absolute Gasteiger partial charge is 0.217 e. The van der Waals surface area contributed by atoms with Crippen LogP contribution in [0.15, 0.2) is 18.3 Å². The van der Waals surface area contributed by atoms with Crippen molar-refractivity contribution in [1.29, 1.82) is 0 Å². The summed E-state index contributed by atoms with van der Waals surface area (Å²) in [6, 6.07) is 3.81. The van der Waals surface area contributed by atoms with Crippen molar-refractivity contribution in [3.8, 4) is 5.88 Å². The molecule has 0 aliphatic carbocycles. The molecule has 0 aromatic carbocycles. The van der Waals surface area contributed by atoms with Crippen LogP contribution >= 0.6 is 0 Å². The maximum absolute atomic E-state index is 5.56. The Labute approximate surface area is 85.3 Å². The van der Waals surface area contributed by atoms with Crippen LogP contribution in [0, 0.1) is 5.92 Å². The van der Waals surface area contributed by atoms with Gasteiger partial charge in [-0.3, -0.25) is 0 Å². The molecule has 0 bridgehead atoms. The van der Waals surface area contributed by atoms with Crippen LogP contribution in [-0.2, 0) is 6.54 Å². The van der Waals surface area contributed by atoms with E-state index in [0.717, 1.165) is 12.0 Å². The van der Waals surface area contributed by atoms with Gasteiger partial charge >= 0.3 is 0 Å². The highest BCUT2D eigenvalue weighted by molar-refractivity contribution is 5.24. The second-order valence-corrected chi connectivity index (χ2v) is 3.70. The standard InChI is InChI=1S/C11H18N2O/c1-9(2)5-7-14-11-10(8-12)4-3-6-13-11/h3-4,6,9H,5,7-8,12H2,1-2H3. The van der Waals surface area contributed by atoms with Gasteiger partial charge in [0, 0.05) is 18.3 Å². The van der Waals surface area contributed by atoms with Crippen molar-refractivity contribution in [2.45, 2.75) is 26.8 Å². The van der Waals surface area contributed by atoms with Crippen molar-refractivity contribution in [1.82, 2.24) is 4.98 Å². The molecule has 0 radical (unpaired) electrons. The lowest BCUT2D eigenvalue weighted by molar-refractivity contribution is 0.276. The Morgan fingerprint density at radius 1 is 1.50 bits per heavy atom. The van der Waals surface area contributed by atoms with Crippen molar-refractivity contribution in [2.24, 2.45) is 11.7 Å². The summed E-state index contributed by atoms with van der Waals surface area (Å²) in [6.07, 6.45) is 2.77. The number of pyridine rings is 1. The second kappa shape index (κ2) is 5.60. The van der Waals surface area contributed by atoms with Gasteiger partial charge in [-0.15, -0.1) is 0 Å². The van der Waals surface area contributed by atoms with E-state index in [2.05, 4.69) is 18.8 Å². The molecule has 14 heavy (non-hydrogen) atoms. The van der Waals surface area contributed by atoms with E-state index < -0.39 is 0 Å². The summed E-state index contributed by atoms with van der Waals surface area (Å²) >= 11 is 0. The van der Waals surface area contributed by atoms with E-state index in [4.69, 9.17) is 10.5 Å². The maximum atomic E-state index is 5.56. The Balaban J connectivity index is 2.49. The quantitative estimate of drug-likeness (QED) is 0.779.